The third kappa shape index (κ3) is 4.65. The summed E-state index contributed by atoms with van der Waals surface area (Å²) < 4.78 is 10.8. The molecule has 3 nitrogen and oxygen atoms in total. The van der Waals surface area contributed by atoms with E-state index >= 15 is 0 Å². The zero-order chi connectivity index (χ0) is 13.1. The summed E-state index contributed by atoms with van der Waals surface area (Å²) in [7, 11) is 0. The van der Waals surface area contributed by atoms with Crippen LogP contribution in [0.2, 0.25) is 5.02 Å². The number of hydrogen-bond donors (Lipinski definition) is 0. The Balaban J connectivity index is 2.83. The first-order valence-corrected chi connectivity index (χ1v) is 5.76. The molecular weight excluding hydrogens is 240 g/mol. The van der Waals surface area contributed by atoms with Gasteiger partial charge in [0, 0.05) is 17.4 Å². The summed E-state index contributed by atoms with van der Waals surface area (Å²) in [5.74, 6) is 0.214. The molecule has 0 N–H and O–H groups in total. The lowest BCUT2D eigenvalue weighted by molar-refractivity contribution is -0.176. The van der Waals surface area contributed by atoms with Crippen molar-refractivity contribution < 1.29 is 14.3 Å². The van der Waals surface area contributed by atoms with E-state index in [0.717, 1.165) is 0 Å². The van der Waals surface area contributed by atoms with E-state index in [1.807, 2.05) is 20.8 Å². The molecule has 1 aromatic rings. The largest absolute Gasteiger partial charge is 0.454 e. The second-order valence-corrected chi connectivity index (χ2v) is 5.32. The highest BCUT2D eigenvalue weighted by molar-refractivity contribution is 6.30. The Kier molecular flexibility index (Phi) is 4.40. The summed E-state index contributed by atoms with van der Waals surface area (Å²) in [5.41, 5.74) is -0.312. The lowest BCUT2D eigenvalue weighted by Crippen LogP contribution is -2.36. The predicted octanol–water partition coefficient (Wildman–Crippen LogP) is 3.65. The van der Waals surface area contributed by atoms with Crippen molar-refractivity contribution >= 4 is 17.6 Å². The summed E-state index contributed by atoms with van der Waals surface area (Å²) in [5, 5.41) is 0.581. The minimum atomic E-state index is -0.640. The molecular formula is C13H17ClO3. The smallest absolute Gasteiger partial charge is 0.305 e. The summed E-state index contributed by atoms with van der Waals surface area (Å²) in [4.78, 5) is 11.0. The highest BCUT2D eigenvalue weighted by atomic mass is 35.5. The summed E-state index contributed by atoms with van der Waals surface area (Å²) in [6.45, 7) is 7.17. The molecule has 17 heavy (non-hydrogen) atoms. The summed E-state index contributed by atoms with van der Waals surface area (Å²) in [6.07, 6.45) is -0.640. The second-order valence-electron chi connectivity index (χ2n) is 4.88. The van der Waals surface area contributed by atoms with Crippen LogP contribution in [0.5, 0.6) is 5.75 Å². The van der Waals surface area contributed by atoms with Crippen molar-refractivity contribution in [3.05, 3.63) is 29.3 Å². The van der Waals surface area contributed by atoms with Crippen LogP contribution < -0.4 is 4.74 Å². The normalized spacial score (nSPS) is 13.0. The van der Waals surface area contributed by atoms with Crippen molar-refractivity contribution in [2.24, 2.45) is 5.41 Å². The van der Waals surface area contributed by atoms with Crippen molar-refractivity contribution in [2.45, 2.75) is 34.0 Å². The van der Waals surface area contributed by atoms with E-state index in [0.29, 0.717) is 10.8 Å². The molecule has 4 heteroatoms. The number of halogens is 1. The van der Waals surface area contributed by atoms with Crippen LogP contribution in [0.25, 0.3) is 0 Å². The van der Waals surface area contributed by atoms with E-state index in [1.54, 1.807) is 24.3 Å². The van der Waals surface area contributed by atoms with Crippen LogP contribution in [-0.2, 0) is 9.53 Å². The number of rotatable bonds is 3. The van der Waals surface area contributed by atoms with Crippen LogP contribution >= 0.6 is 11.6 Å². The molecule has 0 saturated heterocycles. The van der Waals surface area contributed by atoms with Gasteiger partial charge in [0.05, 0.1) is 0 Å². The Morgan fingerprint density at radius 2 is 2.00 bits per heavy atom. The molecule has 1 rings (SSSR count). The maximum atomic E-state index is 11.0. The fourth-order valence-electron chi connectivity index (χ4n) is 1.19. The van der Waals surface area contributed by atoms with Gasteiger partial charge in [-0.05, 0) is 18.2 Å². The first-order valence-electron chi connectivity index (χ1n) is 5.38. The molecule has 0 aromatic heterocycles. The average molecular weight is 257 g/mol. The molecule has 0 aliphatic carbocycles. The molecule has 0 radical (unpaired) electrons. The number of ether oxygens (including phenoxy) is 2. The Morgan fingerprint density at radius 1 is 1.35 bits per heavy atom. The standard InChI is InChI=1S/C13H17ClO3/c1-9(15)16-12(13(2,3)4)17-11-7-5-6-10(14)8-11/h5-8,12H,1-4H3/t12-/m1/s1. The Hall–Kier alpha value is -1.22. The minimum absolute atomic E-state index is 0.312. The van der Waals surface area contributed by atoms with Gasteiger partial charge in [-0.2, -0.15) is 0 Å². The maximum absolute atomic E-state index is 11.0. The monoisotopic (exact) mass is 256 g/mol. The summed E-state index contributed by atoms with van der Waals surface area (Å²) in [6, 6.07) is 7.00. The van der Waals surface area contributed by atoms with Gasteiger partial charge in [0.25, 0.3) is 0 Å². The SMILES string of the molecule is CC(=O)O[C@H](Oc1cccc(Cl)c1)C(C)(C)C. The molecule has 1 atom stereocenters. The van der Waals surface area contributed by atoms with Gasteiger partial charge in [-0.3, -0.25) is 4.79 Å². The van der Waals surface area contributed by atoms with Gasteiger partial charge in [-0.15, -0.1) is 0 Å². The van der Waals surface area contributed by atoms with Crippen molar-refractivity contribution in [1.82, 2.24) is 0 Å². The van der Waals surface area contributed by atoms with Gasteiger partial charge in [-0.25, -0.2) is 0 Å². The Labute approximate surface area is 107 Å². The topological polar surface area (TPSA) is 35.5 Å². The predicted molar refractivity (Wildman–Crippen MR) is 67.1 cm³/mol. The van der Waals surface area contributed by atoms with E-state index in [4.69, 9.17) is 21.1 Å². The van der Waals surface area contributed by atoms with Gasteiger partial charge in [-0.1, -0.05) is 38.4 Å². The molecule has 1 aromatic carbocycles. The zero-order valence-electron chi connectivity index (χ0n) is 10.5. The van der Waals surface area contributed by atoms with E-state index in [2.05, 4.69) is 0 Å². The first-order chi connectivity index (χ1) is 7.79. The molecule has 0 amide bonds. The molecule has 0 unspecified atom stereocenters. The number of benzene rings is 1. The van der Waals surface area contributed by atoms with Gasteiger partial charge >= 0.3 is 5.97 Å². The Bertz CT molecular complexity index is 396. The molecule has 0 saturated carbocycles. The van der Waals surface area contributed by atoms with Crippen molar-refractivity contribution in [2.75, 3.05) is 0 Å². The molecule has 94 valence electrons. The Morgan fingerprint density at radius 3 is 2.47 bits per heavy atom. The third-order valence-corrected chi connectivity index (χ3v) is 2.25. The van der Waals surface area contributed by atoms with E-state index < -0.39 is 6.29 Å². The number of esters is 1. The quantitative estimate of drug-likeness (QED) is 0.612. The maximum Gasteiger partial charge on any atom is 0.305 e. The fraction of sp³-hybridized carbons (Fsp3) is 0.462. The number of hydrogen-bond acceptors (Lipinski definition) is 3. The van der Waals surface area contributed by atoms with Crippen LogP contribution in [-0.4, -0.2) is 12.3 Å². The van der Waals surface area contributed by atoms with Crippen LogP contribution in [0.15, 0.2) is 24.3 Å². The van der Waals surface area contributed by atoms with Gasteiger partial charge in [0.1, 0.15) is 5.75 Å². The molecule has 0 heterocycles. The molecule has 0 bridgehead atoms. The molecule has 0 spiro atoms. The zero-order valence-corrected chi connectivity index (χ0v) is 11.2. The molecule has 0 aliphatic rings. The summed E-state index contributed by atoms with van der Waals surface area (Å²) >= 11 is 5.86. The first kappa shape index (κ1) is 13.8. The number of carbonyl (C=O) groups is 1. The van der Waals surface area contributed by atoms with E-state index in [1.165, 1.54) is 6.92 Å². The second kappa shape index (κ2) is 5.41. The van der Waals surface area contributed by atoms with E-state index in [-0.39, 0.29) is 11.4 Å². The van der Waals surface area contributed by atoms with Crippen molar-refractivity contribution in [3.63, 3.8) is 0 Å². The van der Waals surface area contributed by atoms with Crippen LogP contribution in [0.3, 0.4) is 0 Å². The van der Waals surface area contributed by atoms with Crippen LogP contribution in [0.1, 0.15) is 27.7 Å². The minimum Gasteiger partial charge on any atom is -0.454 e. The highest BCUT2D eigenvalue weighted by Crippen LogP contribution is 2.27. The fourth-order valence-corrected chi connectivity index (χ4v) is 1.37. The van der Waals surface area contributed by atoms with Crippen LogP contribution in [0.4, 0.5) is 0 Å². The third-order valence-electron chi connectivity index (χ3n) is 2.02. The van der Waals surface area contributed by atoms with Crippen LogP contribution in [0, 0.1) is 5.41 Å². The number of carbonyl (C=O) groups excluding carboxylic acids is 1. The lowest BCUT2D eigenvalue weighted by atomic mass is 9.96. The van der Waals surface area contributed by atoms with Gasteiger partial charge in [0.15, 0.2) is 0 Å². The van der Waals surface area contributed by atoms with Crippen molar-refractivity contribution in [1.29, 1.82) is 0 Å². The average Bonchev–Trinajstić information content (AvgIpc) is 2.14. The molecule has 0 fully saturated rings. The van der Waals surface area contributed by atoms with Gasteiger partial charge < -0.3 is 9.47 Å². The van der Waals surface area contributed by atoms with Gasteiger partial charge in [0.2, 0.25) is 6.29 Å². The highest BCUT2D eigenvalue weighted by Gasteiger charge is 2.29. The molecule has 0 aliphatic heterocycles. The van der Waals surface area contributed by atoms with Crippen molar-refractivity contribution in [3.8, 4) is 5.75 Å². The lowest BCUT2D eigenvalue weighted by Gasteiger charge is -2.29. The van der Waals surface area contributed by atoms with E-state index in [9.17, 15) is 4.79 Å².